The summed E-state index contributed by atoms with van der Waals surface area (Å²) in [6, 6.07) is 0.431. The maximum absolute atomic E-state index is 5.45. The van der Waals surface area contributed by atoms with Crippen LogP contribution in [-0.2, 0) is 11.2 Å². The van der Waals surface area contributed by atoms with Crippen LogP contribution in [0.5, 0.6) is 0 Å². The highest BCUT2D eigenvalue weighted by atomic mass is 16.5. The number of nitrogens with two attached hydrogens (primary N) is 1. The molecule has 6 nitrogen and oxygen atoms in total. The van der Waals surface area contributed by atoms with E-state index in [1.165, 1.54) is 0 Å². The first kappa shape index (κ1) is 13.9. The number of hydrogen-bond donors (Lipinski definition) is 2. The second kappa shape index (κ2) is 8.03. The van der Waals surface area contributed by atoms with Crippen molar-refractivity contribution in [1.82, 2.24) is 10.2 Å². The molecule has 0 aromatic carbocycles. The summed E-state index contributed by atoms with van der Waals surface area (Å²) in [5.74, 6) is 1.24. The van der Waals surface area contributed by atoms with Crippen molar-refractivity contribution in [3.05, 3.63) is 5.89 Å². The summed E-state index contributed by atoms with van der Waals surface area (Å²) in [6.07, 6.45) is 1.70. The van der Waals surface area contributed by atoms with Gasteiger partial charge in [-0.2, -0.15) is 0 Å². The zero-order chi connectivity index (χ0) is 12.5. The summed E-state index contributed by atoms with van der Waals surface area (Å²) in [4.78, 5) is 0. The minimum atomic E-state index is 0.431. The first-order valence-electron chi connectivity index (χ1n) is 6.06. The molecule has 0 spiro atoms. The fourth-order valence-electron chi connectivity index (χ4n) is 1.20. The predicted molar refractivity (Wildman–Crippen MR) is 65.8 cm³/mol. The molecule has 1 heterocycles. The zero-order valence-electron chi connectivity index (χ0n) is 10.6. The van der Waals surface area contributed by atoms with Gasteiger partial charge in [0.1, 0.15) is 0 Å². The molecule has 0 unspecified atom stereocenters. The van der Waals surface area contributed by atoms with Crippen molar-refractivity contribution in [2.45, 2.75) is 26.7 Å². The lowest BCUT2D eigenvalue weighted by molar-refractivity contribution is 0.132. The number of nitrogens with one attached hydrogen (secondary N) is 1. The normalized spacial score (nSPS) is 11.1. The molecule has 6 heteroatoms. The lowest BCUT2D eigenvalue weighted by Gasteiger charge is -2.06. The van der Waals surface area contributed by atoms with Crippen LogP contribution in [0.2, 0.25) is 0 Å². The molecular weight excluding hydrogens is 220 g/mol. The van der Waals surface area contributed by atoms with Crippen molar-refractivity contribution >= 4 is 6.01 Å². The number of aromatic nitrogens is 2. The van der Waals surface area contributed by atoms with Gasteiger partial charge >= 0.3 is 6.01 Å². The molecule has 0 radical (unpaired) electrons. The SMILES string of the molecule is CC(C)CCOCCNc1nnc(CCN)o1. The molecule has 3 N–H and O–H groups in total. The molecule has 0 saturated heterocycles. The van der Waals surface area contributed by atoms with Gasteiger partial charge in [0.05, 0.1) is 6.61 Å². The van der Waals surface area contributed by atoms with Crippen LogP contribution in [0.4, 0.5) is 6.01 Å². The second-order valence-corrected chi connectivity index (χ2v) is 4.26. The van der Waals surface area contributed by atoms with E-state index in [4.69, 9.17) is 14.9 Å². The third kappa shape index (κ3) is 6.23. The molecule has 0 bridgehead atoms. The Morgan fingerprint density at radius 1 is 1.35 bits per heavy atom. The Balaban J connectivity index is 2.05. The van der Waals surface area contributed by atoms with E-state index in [1.54, 1.807) is 0 Å². The van der Waals surface area contributed by atoms with Gasteiger partial charge in [0.25, 0.3) is 0 Å². The van der Waals surface area contributed by atoms with Crippen LogP contribution in [0.3, 0.4) is 0 Å². The van der Waals surface area contributed by atoms with E-state index in [-0.39, 0.29) is 0 Å². The number of rotatable bonds is 9. The standard InChI is InChI=1S/C11H22N4O2/c1-9(2)4-7-16-8-6-13-11-15-14-10(17-11)3-5-12/h9H,3-8,12H2,1-2H3,(H,13,15). The summed E-state index contributed by atoms with van der Waals surface area (Å²) in [5, 5.41) is 10.7. The fraction of sp³-hybridized carbons (Fsp3) is 0.818. The van der Waals surface area contributed by atoms with Crippen molar-refractivity contribution in [2.75, 3.05) is 31.6 Å². The van der Waals surface area contributed by atoms with Crippen molar-refractivity contribution in [2.24, 2.45) is 11.7 Å². The van der Waals surface area contributed by atoms with Crippen molar-refractivity contribution in [3.63, 3.8) is 0 Å². The molecule has 0 atom stereocenters. The van der Waals surface area contributed by atoms with Gasteiger partial charge in [-0.25, -0.2) is 0 Å². The highest BCUT2D eigenvalue weighted by molar-refractivity contribution is 5.16. The van der Waals surface area contributed by atoms with E-state index in [0.29, 0.717) is 43.9 Å². The Morgan fingerprint density at radius 3 is 2.88 bits per heavy atom. The minimum absolute atomic E-state index is 0.431. The lowest BCUT2D eigenvalue weighted by atomic mass is 10.1. The summed E-state index contributed by atoms with van der Waals surface area (Å²) in [6.45, 7) is 6.98. The molecule has 17 heavy (non-hydrogen) atoms. The molecule has 0 aliphatic heterocycles. The summed E-state index contributed by atoms with van der Waals surface area (Å²) in [5.41, 5.74) is 5.38. The van der Waals surface area contributed by atoms with Crippen LogP contribution in [0.25, 0.3) is 0 Å². The Hall–Kier alpha value is -1.14. The van der Waals surface area contributed by atoms with Crippen molar-refractivity contribution in [1.29, 1.82) is 0 Å². The number of anilines is 1. The van der Waals surface area contributed by atoms with Crippen LogP contribution in [0, 0.1) is 5.92 Å². The number of hydrogen-bond acceptors (Lipinski definition) is 6. The average molecular weight is 242 g/mol. The third-order valence-corrected chi connectivity index (χ3v) is 2.19. The molecule has 0 fully saturated rings. The quantitative estimate of drug-likeness (QED) is 0.629. The highest BCUT2D eigenvalue weighted by Crippen LogP contribution is 2.04. The van der Waals surface area contributed by atoms with Gasteiger partial charge < -0.3 is 20.2 Å². The monoisotopic (exact) mass is 242 g/mol. The van der Waals surface area contributed by atoms with Gasteiger partial charge in [0.2, 0.25) is 5.89 Å². The van der Waals surface area contributed by atoms with E-state index in [1.807, 2.05) is 0 Å². The Kier molecular flexibility index (Phi) is 6.57. The van der Waals surface area contributed by atoms with Crippen LogP contribution < -0.4 is 11.1 Å². The fourth-order valence-corrected chi connectivity index (χ4v) is 1.20. The maximum Gasteiger partial charge on any atom is 0.315 e. The van der Waals surface area contributed by atoms with Gasteiger partial charge in [0, 0.05) is 26.1 Å². The van der Waals surface area contributed by atoms with Crippen molar-refractivity contribution in [3.8, 4) is 0 Å². The van der Waals surface area contributed by atoms with Crippen LogP contribution in [0.1, 0.15) is 26.2 Å². The highest BCUT2D eigenvalue weighted by Gasteiger charge is 2.03. The van der Waals surface area contributed by atoms with E-state index < -0.39 is 0 Å². The minimum Gasteiger partial charge on any atom is -0.408 e. The summed E-state index contributed by atoms with van der Waals surface area (Å²) >= 11 is 0. The van der Waals surface area contributed by atoms with E-state index in [0.717, 1.165) is 13.0 Å². The first-order chi connectivity index (χ1) is 8.22. The first-order valence-corrected chi connectivity index (χ1v) is 6.06. The summed E-state index contributed by atoms with van der Waals surface area (Å²) < 4.78 is 10.7. The molecule has 0 amide bonds. The van der Waals surface area contributed by atoms with Gasteiger partial charge in [-0.1, -0.05) is 18.9 Å². The lowest BCUT2D eigenvalue weighted by Crippen LogP contribution is -2.11. The largest absolute Gasteiger partial charge is 0.408 e. The molecule has 1 aromatic rings. The van der Waals surface area contributed by atoms with Gasteiger partial charge in [-0.15, -0.1) is 5.10 Å². The molecule has 0 aliphatic carbocycles. The van der Waals surface area contributed by atoms with Gasteiger partial charge in [-0.05, 0) is 12.3 Å². The molecule has 0 aliphatic rings. The Labute approximate surface area is 102 Å². The van der Waals surface area contributed by atoms with Crippen LogP contribution >= 0.6 is 0 Å². The van der Waals surface area contributed by atoms with Crippen molar-refractivity contribution < 1.29 is 9.15 Å². The van der Waals surface area contributed by atoms with Crippen LogP contribution in [0.15, 0.2) is 4.42 Å². The second-order valence-electron chi connectivity index (χ2n) is 4.26. The topological polar surface area (TPSA) is 86.2 Å². The Bertz CT molecular complexity index is 301. The zero-order valence-corrected chi connectivity index (χ0v) is 10.6. The van der Waals surface area contributed by atoms with E-state index in [2.05, 4.69) is 29.4 Å². The predicted octanol–water partition coefficient (Wildman–Crippen LogP) is 1.05. The molecular formula is C11H22N4O2. The molecule has 1 rings (SSSR count). The Morgan fingerprint density at radius 2 is 2.18 bits per heavy atom. The smallest absolute Gasteiger partial charge is 0.315 e. The maximum atomic E-state index is 5.45. The van der Waals surface area contributed by atoms with Crippen LogP contribution in [-0.4, -0.2) is 36.5 Å². The van der Waals surface area contributed by atoms with Gasteiger partial charge in [-0.3, -0.25) is 0 Å². The third-order valence-electron chi connectivity index (χ3n) is 2.19. The number of ether oxygens (including phenoxy) is 1. The summed E-state index contributed by atoms with van der Waals surface area (Å²) in [7, 11) is 0. The number of nitrogens with zero attached hydrogens (tertiary/aromatic N) is 2. The molecule has 98 valence electrons. The molecule has 1 aromatic heterocycles. The molecule has 0 saturated carbocycles. The van der Waals surface area contributed by atoms with E-state index >= 15 is 0 Å². The van der Waals surface area contributed by atoms with Gasteiger partial charge in [0.15, 0.2) is 0 Å². The average Bonchev–Trinajstić information content (AvgIpc) is 2.71. The van der Waals surface area contributed by atoms with E-state index in [9.17, 15) is 0 Å².